The van der Waals surface area contributed by atoms with Crippen molar-refractivity contribution in [3.8, 4) is 0 Å². The normalized spacial score (nSPS) is 15.5. The topological polar surface area (TPSA) is 80.7 Å². The Labute approximate surface area is 179 Å². The molecule has 7 nitrogen and oxygen atoms in total. The lowest BCUT2D eigenvalue weighted by molar-refractivity contribution is 0.0499. The number of rotatable bonds is 6. The summed E-state index contributed by atoms with van der Waals surface area (Å²) < 4.78 is 0.582. The van der Waals surface area contributed by atoms with Crippen LogP contribution >= 0.6 is 22.9 Å². The first-order valence-electron chi connectivity index (χ1n) is 9.01. The molecular weight excluding hydrogens is 410 g/mol. The summed E-state index contributed by atoms with van der Waals surface area (Å²) in [5.74, 6) is 0.270. The number of thiophene rings is 1. The van der Waals surface area contributed by atoms with Gasteiger partial charge in [0.05, 0.1) is 21.5 Å². The summed E-state index contributed by atoms with van der Waals surface area (Å²) in [6, 6.07) is 9.28. The van der Waals surface area contributed by atoms with Gasteiger partial charge in [0.25, 0.3) is 5.91 Å². The van der Waals surface area contributed by atoms with Gasteiger partial charge in [-0.25, -0.2) is 0 Å². The van der Waals surface area contributed by atoms with E-state index < -0.39 is 0 Å². The van der Waals surface area contributed by atoms with E-state index in [0.29, 0.717) is 21.6 Å². The Bertz CT molecular complexity index is 954. The molecule has 9 heteroatoms. The van der Waals surface area contributed by atoms with E-state index in [9.17, 15) is 4.79 Å². The fourth-order valence-corrected chi connectivity index (χ4v) is 3.85. The number of hydrogen-bond acceptors (Lipinski definition) is 6. The molecule has 0 radical (unpaired) electrons. The van der Waals surface area contributed by atoms with Gasteiger partial charge in [0.2, 0.25) is 0 Å². The summed E-state index contributed by atoms with van der Waals surface area (Å²) in [4.78, 5) is 22.1. The highest BCUT2D eigenvalue weighted by atomic mass is 35.5. The molecule has 1 unspecified atom stereocenters. The van der Waals surface area contributed by atoms with Crippen LogP contribution in [-0.2, 0) is 4.84 Å². The molecule has 2 aromatic rings. The van der Waals surface area contributed by atoms with Gasteiger partial charge < -0.3 is 15.1 Å². The van der Waals surface area contributed by atoms with Crippen LogP contribution in [0.25, 0.3) is 5.70 Å². The van der Waals surface area contributed by atoms with Crippen molar-refractivity contribution in [1.29, 1.82) is 5.41 Å². The van der Waals surface area contributed by atoms with Gasteiger partial charge in [0.1, 0.15) is 11.9 Å². The van der Waals surface area contributed by atoms with E-state index in [-0.39, 0.29) is 12.0 Å². The second kappa shape index (κ2) is 8.86. The molecule has 1 amide bonds. The van der Waals surface area contributed by atoms with Gasteiger partial charge in [0, 0.05) is 45.0 Å². The van der Waals surface area contributed by atoms with Crippen molar-refractivity contribution in [3.63, 3.8) is 0 Å². The number of amidine groups is 1. The molecule has 29 heavy (non-hydrogen) atoms. The molecule has 154 valence electrons. The molecule has 0 bridgehead atoms. The number of nitrogens with zero attached hydrogens (tertiary/aromatic N) is 2. The number of benzene rings is 1. The van der Waals surface area contributed by atoms with Crippen molar-refractivity contribution in [2.24, 2.45) is 0 Å². The molecule has 1 aromatic carbocycles. The predicted octanol–water partition coefficient (Wildman–Crippen LogP) is 3.03. The summed E-state index contributed by atoms with van der Waals surface area (Å²) in [6.07, 6.45) is 1.65. The fourth-order valence-electron chi connectivity index (χ4n) is 2.89. The number of anilines is 1. The molecule has 1 aliphatic heterocycles. The Morgan fingerprint density at radius 2 is 2.03 bits per heavy atom. The Balaban J connectivity index is 1.73. The lowest BCUT2D eigenvalue weighted by Crippen LogP contribution is -2.31. The minimum atomic E-state index is -0.292. The lowest BCUT2D eigenvalue weighted by Gasteiger charge is -2.21. The maximum Gasteiger partial charge on any atom is 0.261 e. The molecule has 0 spiro atoms. The van der Waals surface area contributed by atoms with Crippen LogP contribution in [0.4, 0.5) is 5.69 Å². The van der Waals surface area contributed by atoms with Gasteiger partial charge in [-0.05, 0) is 24.3 Å². The molecule has 1 atom stereocenters. The second-order valence-corrected chi connectivity index (χ2v) is 8.74. The summed E-state index contributed by atoms with van der Waals surface area (Å²) in [5, 5.41) is 11.1. The SMILES string of the molecule is CN(C)C(=N)c1ccc(C2=CC(CNC(=O)c3ccc(Cl)s3)ON2)c(N(C)C)c1. The zero-order valence-corrected chi connectivity index (χ0v) is 18.3. The van der Waals surface area contributed by atoms with Crippen LogP contribution in [0, 0.1) is 5.41 Å². The Hall–Kier alpha value is -2.55. The monoisotopic (exact) mass is 433 g/mol. The van der Waals surface area contributed by atoms with Gasteiger partial charge in [-0.15, -0.1) is 11.3 Å². The third kappa shape index (κ3) is 4.90. The average molecular weight is 434 g/mol. The highest BCUT2D eigenvalue weighted by Crippen LogP contribution is 2.29. The van der Waals surface area contributed by atoms with Crippen molar-refractivity contribution in [1.82, 2.24) is 15.7 Å². The summed E-state index contributed by atoms with van der Waals surface area (Å²) in [7, 11) is 7.62. The van der Waals surface area contributed by atoms with Crippen LogP contribution in [0.5, 0.6) is 0 Å². The maximum atomic E-state index is 12.2. The summed E-state index contributed by atoms with van der Waals surface area (Å²) in [6.45, 7) is 0.339. The van der Waals surface area contributed by atoms with Crippen LogP contribution in [0.3, 0.4) is 0 Å². The quantitative estimate of drug-likeness (QED) is 0.482. The zero-order chi connectivity index (χ0) is 21.1. The van der Waals surface area contributed by atoms with E-state index in [1.807, 2.05) is 57.4 Å². The number of halogens is 1. The molecule has 1 aliphatic rings. The number of nitrogens with one attached hydrogen (secondary N) is 3. The van der Waals surface area contributed by atoms with Gasteiger partial charge in [-0.2, -0.15) is 0 Å². The number of hydrogen-bond donors (Lipinski definition) is 3. The third-order valence-corrected chi connectivity index (χ3v) is 5.65. The molecule has 2 heterocycles. The van der Waals surface area contributed by atoms with Crippen molar-refractivity contribution in [2.45, 2.75) is 6.10 Å². The maximum absolute atomic E-state index is 12.2. The largest absolute Gasteiger partial charge is 0.377 e. The summed E-state index contributed by atoms with van der Waals surface area (Å²) >= 11 is 7.12. The van der Waals surface area contributed by atoms with Crippen LogP contribution in [-0.4, -0.2) is 57.5 Å². The molecule has 0 saturated carbocycles. The standard InChI is InChI=1S/C20H24ClN5O2S/c1-25(2)16-9-12(19(22)26(3)4)5-6-14(16)15-10-13(28-24-15)11-23-20(27)17-7-8-18(21)29-17/h5-10,13,22,24H,11H2,1-4H3,(H,23,27). The highest BCUT2D eigenvalue weighted by molar-refractivity contribution is 7.18. The van der Waals surface area contributed by atoms with Gasteiger partial charge in [0.15, 0.2) is 0 Å². The first-order chi connectivity index (χ1) is 13.8. The van der Waals surface area contributed by atoms with Crippen LogP contribution < -0.4 is 15.7 Å². The van der Waals surface area contributed by atoms with E-state index in [0.717, 1.165) is 22.5 Å². The van der Waals surface area contributed by atoms with Crippen LogP contribution in [0.15, 0.2) is 36.4 Å². The summed E-state index contributed by atoms with van der Waals surface area (Å²) in [5.41, 5.74) is 6.55. The molecule has 3 N–H and O–H groups in total. The Kier molecular flexibility index (Phi) is 6.46. The number of carbonyl (C=O) groups is 1. The van der Waals surface area contributed by atoms with E-state index in [4.69, 9.17) is 21.8 Å². The number of amides is 1. The smallest absolute Gasteiger partial charge is 0.261 e. The second-order valence-electron chi connectivity index (χ2n) is 7.02. The van der Waals surface area contributed by atoms with E-state index in [1.54, 1.807) is 17.0 Å². The predicted molar refractivity (Wildman–Crippen MR) is 119 cm³/mol. The molecule has 3 rings (SSSR count). The van der Waals surface area contributed by atoms with Gasteiger partial charge in [-0.3, -0.25) is 20.5 Å². The molecule has 0 fully saturated rings. The Morgan fingerprint density at radius 3 is 2.66 bits per heavy atom. The molecule has 0 aliphatic carbocycles. The zero-order valence-electron chi connectivity index (χ0n) is 16.7. The van der Waals surface area contributed by atoms with Gasteiger partial charge in [-0.1, -0.05) is 23.7 Å². The minimum Gasteiger partial charge on any atom is -0.377 e. The lowest BCUT2D eigenvalue weighted by atomic mass is 10.0. The Morgan fingerprint density at radius 1 is 1.28 bits per heavy atom. The molecular formula is C20H24ClN5O2S. The van der Waals surface area contributed by atoms with Crippen molar-refractivity contribution in [3.05, 3.63) is 56.7 Å². The van der Waals surface area contributed by atoms with Crippen LogP contribution in [0.1, 0.15) is 20.8 Å². The van der Waals surface area contributed by atoms with Crippen molar-refractivity contribution < 1.29 is 9.63 Å². The van der Waals surface area contributed by atoms with Crippen molar-refractivity contribution in [2.75, 3.05) is 39.6 Å². The highest BCUT2D eigenvalue weighted by Gasteiger charge is 2.22. The average Bonchev–Trinajstić information content (AvgIpc) is 3.34. The fraction of sp³-hybridized carbons (Fsp3) is 0.300. The number of hydroxylamine groups is 1. The van der Waals surface area contributed by atoms with Crippen LogP contribution in [0.2, 0.25) is 4.34 Å². The minimum absolute atomic E-state index is 0.173. The van der Waals surface area contributed by atoms with Crippen molar-refractivity contribution >= 4 is 46.1 Å². The number of carbonyl (C=O) groups excluding carboxylic acids is 1. The molecule has 1 aromatic heterocycles. The van der Waals surface area contributed by atoms with E-state index in [1.165, 1.54) is 11.3 Å². The first kappa shape index (κ1) is 21.2. The van der Waals surface area contributed by atoms with Gasteiger partial charge >= 0.3 is 0 Å². The first-order valence-corrected chi connectivity index (χ1v) is 10.2. The van der Waals surface area contributed by atoms with E-state index >= 15 is 0 Å². The van der Waals surface area contributed by atoms with E-state index in [2.05, 4.69) is 10.8 Å². The molecule has 0 saturated heterocycles. The third-order valence-electron chi connectivity index (χ3n) is 4.42.